The molecule has 0 aromatic rings. The molecular weight excluding hydrogens is 144 g/mol. The summed E-state index contributed by atoms with van der Waals surface area (Å²) in [7, 11) is 0. The molecule has 0 nitrogen and oxygen atoms in total. The zero-order valence-electron chi connectivity index (χ0n) is 7.42. The lowest BCUT2D eigenvalue weighted by atomic mass is 10.00. The Balaban J connectivity index is 1.97. The van der Waals surface area contributed by atoms with E-state index in [9.17, 15) is 0 Å². The SMILES string of the molecule is [C]1=CCC(=CC2CCCC2)C=C1. The van der Waals surface area contributed by atoms with E-state index >= 15 is 0 Å². The molecule has 0 atom stereocenters. The van der Waals surface area contributed by atoms with Crippen LogP contribution in [0.3, 0.4) is 0 Å². The van der Waals surface area contributed by atoms with Gasteiger partial charge in [0.25, 0.3) is 0 Å². The summed E-state index contributed by atoms with van der Waals surface area (Å²) in [4.78, 5) is 0. The van der Waals surface area contributed by atoms with Gasteiger partial charge in [-0.2, -0.15) is 0 Å². The molecule has 2 aliphatic rings. The first-order valence-electron chi connectivity index (χ1n) is 4.90. The Labute approximate surface area is 74.7 Å². The van der Waals surface area contributed by atoms with Crippen molar-refractivity contribution in [1.29, 1.82) is 0 Å². The van der Waals surface area contributed by atoms with Crippen LogP contribution in [0.5, 0.6) is 0 Å². The van der Waals surface area contributed by atoms with Crippen LogP contribution in [0.2, 0.25) is 0 Å². The first-order valence-corrected chi connectivity index (χ1v) is 4.90. The fourth-order valence-corrected chi connectivity index (χ4v) is 2.02. The highest BCUT2D eigenvalue weighted by Gasteiger charge is 2.12. The third-order valence-corrected chi connectivity index (χ3v) is 2.70. The lowest BCUT2D eigenvalue weighted by molar-refractivity contribution is 0.680. The summed E-state index contributed by atoms with van der Waals surface area (Å²) in [6.45, 7) is 0. The van der Waals surface area contributed by atoms with Crippen molar-refractivity contribution < 1.29 is 0 Å². The molecule has 0 bridgehead atoms. The fourth-order valence-electron chi connectivity index (χ4n) is 2.02. The van der Waals surface area contributed by atoms with Gasteiger partial charge in [-0.3, -0.25) is 0 Å². The van der Waals surface area contributed by atoms with Crippen molar-refractivity contribution in [2.45, 2.75) is 32.1 Å². The topological polar surface area (TPSA) is 0 Å². The minimum atomic E-state index is 0.871. The maximum absolute atomic E-state index is 3.09. The van der Waals surface area contributed by atoms with E-state index < -0.39 is 0 Å². The van der Waals surface area contributed by atoms with Crippen molar-refractivity contribution in [2.75, 3.05) is 0 Å². The van der Waals surface area contributed by atoms with Crippen molar-refractivity contribution in [3.05, 3.63) is 36.0 Å². The van der Waals surface area contributed by atoms with E-state index in [1.807, 2.05) is 6.08 Å². The molecule has 0 saturated heterocycles. The molecule has 2 aliphatic carbocycles. The normalized spacial score (nSPS) is 27.2. The predicted octanol–water partition coefficient (Wildman–Crippen LogP) is 3.42. The molecule has 0 aromatic carbocycles. The molecule has 0 spiro atoms. The Hall–Kier alpha value is -0.780. The van der Waals surface area contributed by atoms with E-state index in [1.165, 1.54) is 31.3 Å². The summed E-state index contributed by atoms with van der Waals surface area (Å²) in [5, 5.41) is 0. The Morgan fingerprint density at radius 2 is 2.17 bits per heavy atom. The minimum Gasteiger partial charge on any atom is -0.0779 e. The van der Waals surface area contributed by atoms with Gasteiger partial charge in [-0.1, -0.05) is 37.1 Å². The van der Waals surface area contributed by atoms with E-state index in [0.717, 1.165) is 12.3 Å². The van der Waals surface area contributed by atoms with E-state index in [0.29, 0.717) is 0 Å². The van der Waals surface area contributed by atoms with E-state index in [2.05, 4.69) is 24.3 Å². The van der Waals surface area contributed by atoms with Crippen LogP contribution in [-0.4, -0.2) is 0 Å². The molecule has 0 amide bonds. The average molecular weight is 159 g/mol. The quantitative estimate of drug-likeness (QED) is 0.550. The predicted molar refractivity (Wildman–Crippen MR) is 51.6 cm³/mol. The largest absolute Gasteiger partial charge is 0.0779 e. The zero-order valence-corrected chi connectivity index (χ0v) is 7.42. The number of hydrogen-bond donors (Lipinski definition) is 0. The van der Waals surface area contributed by atoms with Gasteiger partial charge in [-0.15, -0.1) is 0 Å². The number of hydrogen-bond acceptors (Lipinski definition) is 0. The van der Waals surface area contributed by atoms with Gasteiger partial charge in [0, 0.05) is 0 Å². The van der Waals surface area contributed by atoms with Gasteiger partial charge in [0.1, 0.15) is 0 Å². The van der Waals surface area contributed by atoms with Crippen LogP contribution >= 0.6 is 0 Å². The van der Waals surface area contributed by atoms with Crippen LogP contribution in [0.4, 0.5) is 0 Å². The molecular formula is C12H15. The lowest BCUT2D eigenvalue weighted by Gasteiger charge is -2.06. The third kappa shape index (κ3) is 1.88. The molecule has 0 N–H and O–H groups in total. The summed E-state index contributed by atoms with van der Waals surface area (Å²) in [5.74, 6) is 0.871. The Bertz CT molecular complexity index is 224. The highest BCUT2D eigenvalue weighted by molar-refractivity contribution is 5.27. The van der Waals surface area contributed by atoms with Crippen LogP contribution in [0.25, 0.3) is 0 Å². The molecule has 12 heavy (non-hydrogen) atoms. The summed E-state index contributed by atoms with van der Waals surface area (Å²) < 4.78 is 0. The maximum atomic E-state index is 3.09. The molecule has 0 heteroatoms. The van der Waals surface area contributed by atoms with Crippen LogP contribution < -0.4 is 0 Å². The lowest BCUT2D eigenvalue weighted by Crippen LogP contribution is -1.90. The molecule has 1 saturated carbocycles. The molecule has 1 fully saturated rings. The van der Waals surface area contributed by atoms with Gasteiger partial charge in [0.2, 0.25) is 0 Å². The molecule has 1 radical (unpaired) electrons. The molecule has 0 aliphatic heterocycles. The van der Waals surface area contributed by atoms with E-state index in [1.54, 1.807) is 0 Å². The summed E-state index contributed by atoms with van der Waals surface area (Å²) >= 11 is 0. The van der Waals surface area contributed by atoms with Gasteiger partial charge >= 0.3 is 0 Å². The van der Waals surface area contributed by atoms with Gasteiger partial charge in [-0.05, 0) is 36.8 Å². The maximum Gasteiger partial charge on any atom is -0.00913 e. The first-order chi connectivity index (χ1) is 5.95. The van der Waals surface area contributed by atoms with E-state index in [4.69, 9.17) is 0 Å². The molecule has 0 aromatic heterocycles. The molecule has 0 heterocycles. The third-order valence-electron chi connectivity index (χ3n) is 2.70. The second-order valence-electron chi connectivity index (χ2n) is 3.69. The average Bonchev–Trinajstić information content (AvgIpc) is 2.59. The van der Waals surface area contributed by atoms with E-state index in [-0.39, 0.29) is 0 Å². The van der Waals surface area contributed by atoms with Gasteiger partial charge in [0.05, 0.1) is 0 Å². The first kappa shape index (κ1) is 7.85. The fraction of sp³-hybridized carbons (Fsp3) is 0.500. The van der Waals surface area contributed by atoms with Crippen LogP contribution in [0.1, 0.15) is 32.1 Å². The Kier molecular flexibility index (Phi) is 2.45. The zero-order chi connectivity index (χ0) is 8.23. The second kappa shape index (κ2) is 3.75. The highest BCUT2D eigenvalue weighted by Crippen LogP contribution is 2.28. The highest BCUT2D eigenvalue weighted by atomic mass is 14.2. The number of allylic oxidation sites excluding steroid dienone is 6. The molecule has 63 valence electrons. The van der Waals surface area contributed by atoms with Crippen molar-refractivity contribution in [1.82, 2.24) is 0 Å². The summed E-state index contributed by atoms with van der Waals surface area (Å²) in [5.41, 5.74) is 1.49. The molecule has 0 unspecified atom stereocenters. The van der Waals surface area contributed by atoms with Crippen molar-refractivity contribution >= 4 is 0 Å². The standard InChI is InChI=1S/C12H15/c1-2-6-11(7-3-1)10-12-8-4-5-9-12/h2-3,6,10,12H,4-5,7-9H2. The molecule has 2 rings (SSSR count). The minimum absolute atomic E-state index is 0.871. The van der Waals surface area contributed by atoms with Gasteiger partial charge < -0.3 is 0 Å². The monoisotopic (exact) mass is 159 g/mol. The van der Waals surface area contributed by atoms with Crippen LogP contribution in [0.15, 0.2) is 29.9 Å². The van der Waals surface area contributed by atoms with Crippen molar-refractivity contribution in [3.63, 3.8) is 0 Å². The second-order valence-corrected chi connectivity index (χ2v) is 3.69. The van der Waals surface area contributed by atoms with Crippen LogP contribution in [-0.2, 0) is 0 Å². The van der Waals surface area contributed by atoms with Gasteiger partial charge in [0.15, 0.2) is 0 Å². The van der Waals surface area contributed by atoms with Gasteiger partial charge in [-0.25, -0.2) is 0 Å². The smallest absolute Gasteiger partial charge is 0.00913 e. The Morgan fingerprint density at radius 3 is 2.83 bits per heavy atom. The van der Waals surface area contributed by atoms with Crippen LogP contribution in [0, 0.1) is 12.0 Å². The Morgan fingerprint density at radius 1 is 1.33 bits per heavy atom. The summed E-state index contributed by atoms with van der Waals surface area (Å²) in [6, 6.07) is 0. The number of rotatable bonds is 1. The summed E-state index contributed by atoms with van der Waals surface area (Å²) in [6.07, 6.45) is 18.6. The van der Waals surface area contributed by atoms with Crippen molar-refractivity contribution in [2.24, 2.45) is 5.92 Å². The van der Waals surface area contributed by atoms with Crippen molar-refractivity contribution in [3.8, 4) is 0 Å².